The normalized spacial score (nSPS) is 9.59. The summed E-state index contributed by atoms with van der Waals surface area (Å²) in [7, 11) is 0. The van der Waals surface area contributed by atoms with Gasteiger partial charge in [-0.25, -0.2) is 0 Å². The second kappa shape index (κ2) is 4.99. The average molecular weight is 224 g/mol. The lowest BCUT2D eigenvalue weighted by molar-refractivity contribution is 1.11. The quantitative estimate of drug-likeness (QED) is 0.783. The number of hydrogen-bond acceptors (Lipinski definition) is 4. The molecule has 4 nitrogen and oxygen atoms in total. The molecule has 84 valence electrons. The summed E-state index contributed by atoms with van der Waals surface area (Å²) in [5, 5.41) is 12.0. The lowest BCUT2D eigenvalue weighted by Gasteiger charge is -2.09. The molecule has 0 aliphatic carbocycles. The first kappa shape index (κ1) is 11.0. The van der Waals surface area contributed by atoms with Crippen LogP contribution in [-0.4, -0.2) is 4.98 Å². The number of benzene rings is 1. The zero-order valence-electron chi connectivity index (χ0n) is 9.22. The largest absolute Gasteiger partial charge is 0.397 e. The van der Waals surface area contributed by atoms with Gasteiger partial charge in [0.2, 0.25) is 0 Å². The number of rotatable bonds is 3. The molecular formula is C13H12N4. The first-order chi connectivity index (χ1) is 8.29. The van der Waals surface area contributed by atoms with Gasteiger partial charge in [-0.3, -0.25) is 4.98 Å². The van der Waals surface area contributed by atoms with Crippen LogP contribution in [0.2, 0.25) is 0 Å². The van der Waals surface area contributed by atoms with Crippen LogP contribution in [0.15, 0.2) is 42.7 Å². The molecule has 2 rings (SSSR count). The molecule has 0 aliphatic rings. The van der Waals surface area contributed by atoms with Crippen molar-refractivity contribution in [3.8, 4) is 6.07 Å². The first-order valence-corrected chi connectivity index (χ1v) is 5.22. The fourth-order valence-corrected chi connectivity index (χ4v) is 1.48. The van der Waals surface area contributed by atoms with Gasteiger partial charge in [0, 0.05) is 18.9 Å². The minimum absolute atomic E-state index is 0.591. The number of aromatic nitrogens is 1. The number of anilines is 2. The van der Waals surface area contributed by atoms with Crippen LogP contribution in [0.4, 0.5) is 11.4 Å². The van der Waals surface area contributed by atoms with Crippen molar-refractivity contribution in [2.75, 3.05) is 11.1 Å². The predicted molar refractivity (Wildman–Crippen MR) is 67.1 cm³/mol. The van der Waals surface area contributed by atoms with Crippen LogP contribution in [0.1, 0.15) is 11.1 Å². The number of nitrogen functional groups attached to an aromatic ring is 1. The first-order valence-electron chi connectivity index (χ1n) is 5.22. The Morgan fingerprint density at radius 3 is 2.94 bits per heavy atom. The molecule has 1 aromatic carbocycles. The van der Waals surface area contributed by atoms with Gasteiger partial charge in [0.15, 0.2) is 0 Å². The Kier molecular flexibility index (Phi) is 3.22. The topological polar surface area (TPSA) is 74.7 Å². The van der Waals surface area contributed by atoms with E-state index >= 15 is 0 Å². The lowest BCUT2D eigenvalue weighted by atomic mass is 10.2. The van der Waals surface area contributed by atoms with Gasteiger partial charge in [0.05, 0.1) is 23.0 Å². The molecule has 0 aliphatic heterocycles. The monoisotopic (exact) mass is 224 g/mol. The highest BCUT2D eigenvalue weighted by atomic mass is 14.9. The van der Waals surface area contributed by atoms with E-state index in [2.05, 4.69) is 16.4 Å². The van der Waals surface area contributed by atoms with Crippen LogP contribution in [0.3, 0.4) is 0 Å². The number of pyridine rings is 1. The van der Waals surface area contributed by atoms with Crippen LogP contribution in [0, 0.1) is 11.3 Å². The molecule has 2 aromatic rings. The Labute approximate surface area is 99.7 Å². The van der Waals surface area contributed by atoms with E-state index in [1.807, 2.05) is 12.1 Å². The van der Waals surface area contributed by atoms with Gasteiger partial charge in [-0.2, -0.15) is 5.26 Å². The summed E-state index contributed by atoms with van der Waals surface area (Å²) in [5.41, 5.74) is 8.88. The molecule has 0 saturated carbocycles. The SMILES string of the molecule is N#Cc1ccc(N)c(NCc2cccnc2)c1. The summed E-state index contributed by atoms with van der Waals surface area (Å²) >= 11 is 0. The number of nitriles is 1. The summed E-state index contributed by atoms with van der Waals surface area (Å²) in [6.45, 7) is 0.632. The van der Waals surface area contributed by atoms with Gasteiger partial charge < -0.3 is 11.1 Å². The van der Waals surface area contributed by atoms with Gasteiger partial charge in [0.1, 0.15) is 0 Å². The molecule has 4 heteroatoms. The molecule has 1 heterocycles. The fraction of sp³-hybridized carbons (Fsp3) is 0.0769. The van der Waals surface area contributed by atoms with Crippen molar-refractivity contribution < 1.29 is 0 Å². The molecule has 0 radical (unpaired) electrons. The van der Waals surface area contributed by atoms with Crippen LogP contribution in [0.25, 0.3) is 0 Å². The molecule has 0 saturated heterocycles. The van der Waals surface area contributed by atoms with Gasteiger partial charge in [-0.05, 0) is 29.8 Å². The van der Waals surface area contributed by atoms with E-state index in [9.17, 15) is 0 Å². The van der Waals surface area contributed by atoms with Crippen molar-refractivity contribution in [3.05, 3.63) is 53.9 Å². The van der Waals surface area contributed by atoms with Gasteiger partial charge >= 0.3 is 0 Å². The average Bonchev–Trinajstić information content (AvgIpc) is 2.39. The summed E-state index contributed by atoms with van der Waals surface area (Å²) in [5.74, 6) is 0. The van der Waals surface area contributed by atoms with Crippen molar-refractivity contribution in [1.29, 1.82) is 5.26 Å². The van der Waals surface area contributed by atoms with Crippen LogP contribution >= 0.6 is 0 Å². The molecule has 0 spiro atoms. The second-order valence-corrected chi connectivity index (χ2v) is 3.63. The molecule has 3 N–H and O–H groups in total. The van der Waals surface area contributed by atoms with Crippen LogP contribution in [0.5, 0.6) is 0 Å². The van der Waals surface area contributed by atoms with E-state index in [0.29, 0.717) is 17.8 Å². The standard InChI is InChI=1S/C13H12N4/c14-7-10-3-4-12(15)13(6-10)17-9-11-2-1-5-16-8-11/h1-6,8,17H,9,15H2. The second-order valence-electron chi connectivity index (χ2n) is 3.63. The van der Waals surface area contributed by atoms with E-state index in [-0.39, 0.29) is 0 Å². The van der Waals surface area contributed by atoms with E-state index in [0.717, 1.165) is 11.3 Å². The molecule has 0 unspecified atom stereocenters. The Hall–Kier alpha value is -2.54. The molecule has 1 aromatic heterocycles. The Balaban J connectivity index is 2.12. The van der Waals surface area contributed by atoms with E-state index in [1.165, 1.54) is 0 Å². The highest BCUT2D eigenvalue weighted by Gasteiger charge is 2.00. The third kappa shape index (κ3) is 2.73. The molecule has 0 bridgehead atoms. The number of nitrogens with one attached hydrogen (secondary N) is 1. The van der Waals surface area contributed by atoms with Crippen molar-refractivity contribution in [2.45, 2.75) is 6.54 Å². The lowest BCUT2D eigenvalue weighted by Crippen LogP contribution is -2.03. The maximum absolute atomic E-state index is 8.81. The smallest absolute Gasteiger partial charge is 0.0992 e. The Morgan fingerprint density at radius 2 is 2.24 bits per heavy atom. The highest BCUT2D eigenvalue weighted by molar-refractivity contribution is 5.68. The van der Waals surface area contributed by atoms with Crippen molar-refractivity contribution >= 4 is 11.4 Å². The Bertz CT molecular complexity index is 543. The zero-order chi connectivity index (χ0) is 12.1. The van der Waals surface area contributed by atoms with Gasteiger partial charge in [-0.15, -0.1) is 0 Å². The van der Waals surface area contributed by atoms with Gasteiger partial charge in [-0.1, -0.05) is 6.07 Å². The molecule has 0 atom stereocenters. The minimum Gasteiger partial charge on any atom is -0.397 e. The van der Waals surface area contributed by atoms with E-state index in [1.54, 1.807) is 30.6 Å². The Morgan fingerprint density at radius 1 is 1.35 bits per heavy atom. The van der Waals surface area contributed by atoms with Crippen molar-refractivity contribution in [1.82, 2.24) is 4.98 Å². The third-order valence-corrected chi connectivity index (χ3v) is 2.39. The summed E-state index contributed by atoms with van der Waals surface area (Å²) in [6, 6.07) is 11.1. The summed E-state index contributed by atoms with van der Waals surface area (Å²) in [4.78, 5) is 4.03. The zero-order valence-corrected chi connectivity index (χ0v) is 9.22. The van der Waals surface area contributed by atoms with E-state index < -0.39 is 0 Å². The molecule has 0 fully saturated rings. The fourth-order valence-electron chi connectivity index (χ4n) is 1.48. The highest BCUT2D eigenvalue weighted by Crippen LogP contribution is 2.20. The van der Waals surface area contributed by atoms with Gasteiger partial charge in [0.25, 0.3) is 0 Å². The van der Waals surface area contributed by atoms with Crippen LogP contribution < -0.4 is 11.1 Å². The maximum atomic E-state index is 8.81. The number of hydrogen-bond donors (Lipinski definition) is 2. The summed E-state index contributed by atoms with van der Waals surface area (Å²) < 4.78 is 0. The van der Waals surface area contributed by atoms with Crippen LogP contribution in [-0.2, 0) is 6.54 Å². The maximum Gasteiger partial charge on any atom is 0.0992 e. The number of nitrogens with two attached hydrogens (primary N) is 1. The third-order valence-electron chi connectivity index (χ3n) is 2.39. The predicted octanol–water partition coefficient (Wildman–Crippen LogP) is 2.15. The number of nitrogens with zero attached hydrogens (tertiary/aromatic N) is 2. The van der Waals surface area contributed by atoms with E-state index in [4.69, 9.17) is 11.0 Å². The molecule has 0 amide bonds. The van der Waals surface area contributed by atoms with Crippen molar-refractivity contribution in [2.24, 2.45) is 0 Å². The molecule has 17 heavy (non-hydrogen) atoms. The summed E-state index contributed by atoms with van der Waals surface area (Å²) in [6.07, 6.45) is 3.52. The molecular weight excluding hydrogens is 212 g/mol. The van der Waals surface area contributed by atoms with Crippen molar-refractivity contribution in [3.63, 3.8) is 0 Å². The minimum atomic E-state index is 0.591.